The molecule has 25 heavy (non-hydrogen) atoms. The molecule has 3 rings (SSSR count). The summed E-state index contributed by atoms with van der Waals surface area (Å²) in [6, 6.07) is 9.07. The van der Waals surface area contributed by atoms with Crippen LogP contribution in [0.2, 0.25) is 0 Å². The summed E-state index contributed by atoms with van der Waals surface area (Å²) in [5, 5.41) is 9.61. The Balaban J connectivity index is 1.51. The molecular formula is C18H24N4O3. The lowest BCUT2D eigenvalue weighted by Gasteiger charge is -2.18. The molecule has 0 radical (unpaired) electrons. The molecular weight excluding hydrogens is 320 g/mol. The van der Waals surface area contributed by atoms with E-state index in [4.69, 9.17) is 4.42 Å². The minimum absolute atomic E-state index is 0.0366. The number of furan rings is 1. The molecule has 1 aromatic heterocycles. The highest BCUT2D eigenvalue weighted by atomic mass is 16.3. The Labute approximate surface area is 146 Å². The summed E-state index contributed by atoms with van der Waals surface area (Å²) >= 11 is 0. The van der Waals surface area contributed by atoms with Crippen LogP contribution in [0.4, 0.5) is 9.59 Å². The van der Waals surface area contributed by atoms with E-state index in [1.165, 1.54) is 0 Å². The number of rotatable bonds is 4. The van der Waals surface area contributed by atoms with Gasteiger partial charge >= 0.3 is 12.1 Å². The number of carbonyl (C=O) groups is 2. The Morgan fingerprint density at radius 1 is 1.36 bits per heavy atom. The van der Waals surface area contributed by atoms with Gasteiger partial charge in [-0.2, -0.15) is 0 Å². The molecule has 7 heteroatoms. The topological polar surface area (TPSA) is 86.6 Å². The van der Waals surface area contributed by atoms with E-state index in [2.05, 4.69) is 16.0 Å². The molecule has 1 aliphatic rings. The van der Waals surface area contributed by atoms with Crippen LogP contribution in [-0.2, 0) is 0 Å². The third-order valence-electron chi connectivity index (χ3n) is 4.36. The lowest BCUT2D eigenvalue weighted by atomic mass is 10.2. The highest BCUT2D eigenvalue weighted by Gasteiger charge is 2.27. The fourth-order valence-corrected chi connectivity index (χ4v) is 3.04. The van der Waals surface area contributed by atoms with Crippen molar-refractivity contribution in [3.8, 4) is 0 Å². The van der Waals surface area contributed by atoms with E-state index < -0.39 is 0 Å². The quantitative estimate of drug-likeness (QED) is 0.797. The van der Waals surface area contributed by atoms with Crippen LogP contribution in [0.3, 0.4) is 0 Å². The number of carbonyl (C=O) groups excluding carboxylic acids is 2. The fourth-order valence-electron chi connectivity index (χ4n) is 3.04. The van der Waals surface area contributed by atoms with Gasteiger partial charge in [0.15, 0.2) is 0 Å². The van der Waals surface area contributed by atoms with Crippen LogP contribution >= 0.6 is 0 Å². The smallest absolute Gasteiger partial charge is 0.317 e. The maximum atomic E-state index is 12.2. The summed E-state index contributed by atoms with van der Waals surface area (Å²) < 4.78 is 5.77. The number of likely N-dealkylation sites (tertiary alicyclic amines) is 1. The minimum atomic E-state index is -0.254. The first-order valence-electron chi connectivity index (χ1n) is 8.65. The van der Waals surface area contributed by atoms with Crippen LogP contribution < -0.4 is 16.0 Å². The number of benzene rings is 1. The van der Waals surface area contributed by atoms with Crippen LogP contribution in [0.1, 0.15) is 32.1 Å². The zero-order valence-electron chi connectivity index (χ0n) is 14.5. The number of hydrogen-bond donors (Lipinski definition) is 3. The first kappa shape index (κ1) is 17.1. The van der Waals surface area contributed by atoms with Gasteiger partial charge in [0, 0.05) is 31.1 Å². The number of nitrogens with zero attached hydrogens (tertiary/aromatic N) is 1. The summed E-state index contributed by atoms with van der Waals surface area (Å²) in [6.45, 7) is 5.54. The Kier molecular flexibility index (Phi) is 5.11. The summed E-state index contributed by atoms with van der Waals surface area (Å²) in [5.41, 5.74) is 0.805. The Hall–Kier alpha value is -2.70. The maximum Gasteiger partial charge on any atom is 0.317 e. The monoisotopic (exact) mass is 344 g/mol. The molecule has 134 valence electrons. The fraction of sp³-hybridized carbons (Fsp3) is 0.444. The van der Waals surface area contributed by atoms with Crippen molar-refractivity contribution in [2.45, 2.75) is 32.4 Å². The van der Waals surface area contributed by atoms with Crippen LogP contribution in [-0.4, -0.2) is 42.6 Å². The standard InChI is InChI=1S/C18H24N4O3/c1-3-19-18(24)22-9-8-14(11-22)21-17(23)20-12(2)16-10-13-6-4-5-7-15(13)25-16/h4-7,10,12,14H,3,8-9,11H2,1-2H3,(H,19,24)(H2,20,21,23)/t12-,14-/m0/s1. The zero-order chi connectivity index (χ0) is 17.8. The first-order chi connectivity index (χ1) is 12.1. The molecule has 7 nitrogen and oxygen atoms in total. The Morgan fingerprint density at radius 2 is 2.16 bits per heavy atom. The minimum Gasteiger partial charge on any atom is -0.459 e. The van der Waals surface area contributed by atoms with Gasteiger partial charge in [0.2, 0.25) is 0 Å². The van der Waals surface area contributed by atoms with Crippen molar-refractivity contribution >= 4 is 23.0 Å². The Morgan fingerprint density at radius 3 is 2.92 bits per heavy atom. The van der Waals surface area contributed by atoms with Crippen molar-refractivity contribution in [2.24, 2.45) is 0 Å². The van der Waals surface area contributed by atoms with Crippen LogP contribution in [0.5, 0.6) is 0 Å². The summed E-state index contributed by atoms with van der Waals surface area (Å²) in [4.78, 5) is 25.7. The van der Waals surface area contributed by atoms with E-state index in [0.29, 0.717) is 25.4 Å². The SMILES string of the molecule is CCNC(=O)N1CC[C@H](NC(=O)N[C@@H](C)c2cc3ccccc3o2)C1. The van der Waals surface area contributed by atoms with Gasteiger partial charge in [-0.15, -0.1) is 0 Å². The summed E-state index contributed by atoms with van der Waals surface area (Å²) in [6.07, 6.45) is 0.754. The molecule has 1 saturated heterocycles. The van der Waals surface area contributed by atoms with Gasteiger partial charge in [0.1, 0.15) is 11.3 Å². The normalized spacial score (nSPS) is 18.2. The molecule has 1 fully saturated rings. The number of fused-ring (bicyclic) bond motifs is 1. The molecule has 2 aromatic rings. The molecule has 1 aromatic carbocycles. The van der Waals surface area contributed by atoms with Crippen molar-refractivity contribution in [1.29, 1.82) is 0 Å². The molecule has 2 atom stereocenters. The van der Waals surface area contributed by atoms with E-state index in [-0.39, 0.29) is 24.1 Å². The molecule has 0 spiro atoms. The molecule has 0 unspecified atom stereocenters. The second-order valence-electron chi connectivity index (χ2n) is 6.29. The number of nitrogens with one attached hydrogen (secondary N) is 3. The van der Waals surface area contributed by atoms with Crippen molar-refractivity contribution in [1.82, 2.24) is 20.9 Å². The van der Waals surface area contributed by atoms with Gasteiger partial charge < -0.3 is 25.3 Å². The van der Waals surface area contributed by atoms with Gasteiger partial charge in [0.25, 0.3) is 0 Å². The maximum absolute atomic E-state index is 12.2. The van der Waals surface area contributed by atoms with Crippen molar-refractivity contribution in [3.05, 3.63) is 36.1 Å². The Bertz CT molecular complexity index is 725. The lowest BCUT2D eigenvalue weighted by Crippen LogP contribution is -2.45. The van der Waals surface area contributed by atoms with E-state index in [1.807, 2.05) is 44.2 Å². The van der Waals surface area contributed by atoms with Crippen LogP contribution in [0, 0.1) is 0 Å². The molecule has 1 aliphatic heterocycles. The van der Waals surface area contributed by atoms with Crippen molar-refractivity contribution in [3.63, 3.8) is 0 Å². The highest BCUT2D eigenvalue weighted by molar-refractivity contribution is 5.79. The number of hydrogen-bond acceptors (Lipinski definition) is 3. The van der Waals surface area contributed by atoms with E-state index in [1.54, 1.807) is 4.90 Å². The van der Waals surface area contributed by atoms with E-state index in [9.17, 15) is 9.59 Å². The van der Waals surface area contributed by atoms with E-state index >= 15 is 0 Å². The number of amides is 4. The molecule has 0 aliphatic carbocycles. The van der Waals surface area contributed by atoms with Gasteiger partial charge in [-0.1, -0.05) is 18.2 Å². The van der Waals surface area contributed by atoms with Crippen LogP contribution in [0.15, 0.2) is 34.7 Å². The number of para-hydroxylation sites is 1. The zero-order valence-corrected chi connectivity index (χ0v) is 14.5. The molecule has 2 heterocycles. The van der Waals surface area contributed by atoms with Crippen molar-refractivity contribution in [2.75, 3.05) is 19.6 Å². The second kappa shape index (κ2) is 7.46. The molecule has 4 amide bonds. The van der Waals surface area contributed by atoms with Crippen molar-refractivity contribution < 1.29 is 14.0 Å². The van der Waals surface area contributed by atoms with Crippen LogP contribution in [0.25, 0.3) is 11.0 Å². The van der Waals surface area contributed by atoms with Gasteiger partial charge in [-0.3, -0.25) is 0 Å². The second-order valence-corrected chi connectivity index (χ2v) is 6.29. The van der Waals surface area contributed by atoms with Gasteiger partial charge in [0.05, 0.1) is 6.04 Å². The predicted molar refractivity (Wildman–Crippen MR) is 95.3 cm³/mol. The number of urea groups is 2. The van der Waals surface area contributed by atoms with Gasteiger partial charge in [-0.25, -0.2) is 9.59 Å². The molecule has 3 N–H and O–H groups in total. The molecule has 0 saturated carbocycles. The third-order valence-corrected chi connectivity index (χ3v) is 4.36. The first-order valence-corrected chi connectivity index (χ1v) is 8.65. The van der Waals surface area contributed by atoms with E-state index in [0.717, 1.165) is 17.4 Å². The summed E-state index contributed by atoms with van der Waals surface area (Å²) in [7, 11) is 0. The molecule has 0 bridgehead atoms. The predicted octanol–water partition coefficient (Wildman–Crippen LogP) is 2.60. The van der Waals surface area contributed by atoms with Gasteiger partial charge in [-0.05, 0) is 32.4 Å². The average molecular weight is 344 g/mol. The summed E-state index contributed by atoms with van der Waals surface area (Å²) in [5.74, 6) is 0.715. The highest BCUT2D eigenvalue weighted by Crippen LogP contribution is 2.23. The largest absolute Gasteiger partial charge is 0.459 e. The average Bonchev–Trinajstić information content (AvgIpc) is 3.21. The lowest BCUT2D eigenvalue weighted by molar-refractivity contribution is 0.207. The third kappa shape index (κ3) is 4.04.